The third kappa shape index (κ3) is 5.32. The molecule has 1 aromatic carbocycles. The number of hydrogen-bond donors (Lipinski definition) is 1. The second kappa shape index (κ2) is 9.96. The number of nitrogens with one attached hydrogen (secondary N) is 1. The molecule has 0 bridgehead atoms. The van der Waals surface area contributed by atoms with Crippen LogP contribution < -0.4 is 10.9 Å². The average molecular weight is 435 g/mol. The monoisotopic (exact) mass is 434 g/mol. The van der Waals surface area contributed by atoms with Crippen LogP contribution in [0, 0.1) is 5.92 Å². The maximum absolute atomic E-state index is 12.7. The van der Waals surface area contributed by atoms with Gasteiger partial charge in [0.15, 0.2) is 0 Å². The molecule has 1 amide bonds. The van der Waals surface area contributed by atoms with Crippen LogP contribution in [-0.4, -0.2) is 61.8 Å². The first-order chi connectivity index (χ1) is 14.4. The first kappa shape index (κ1) is 22.1. The number of methoxy groups -OCH3 is 1. The van der Waals surface area contributed by atoms with Gasteiger partial charge in [0.2, 0.25) is 10.0 Å². The minimum absolute atomic E-state index is 0.162. The van der Waals surface area contributed by atoms with Crippen LogP contribution in [0.15, 0.2) is 52.2 Å². The predicted molar refractivity (Wildman–Crippen MR) is 111 cm³/mol. The molecule has 0 atom stereocenters. The summed E-state index contributed by atoms with van der Waals surface area (Å²) in [6.45, 7) is 1.85. The van der Waals surface area contributed by atoms with Crippen molar-refractivity contribution in [2.24, 2.45) is 5.92 Å². The maximum atomic E-state index is 12.7. The van der Waals surface area contributed by atoms with Gasteiger partial charge in [-0.25, -0.2) is 13.1 Å². The van der Waals surface area contributed by atoms with Crippen LogP contribution in [0.2, 0.25) is 0 Å². The molecular weight excluding hydrogens is 408 g/mol. The summed E-state index contributed by atoms with van der Waals surface area (Å²) in [4.78, 5) is 24.5. The number of amides is 1. The third-order valence-corrected chi connectivity index (χ3v) is 7.03. The lowest BCUT2D eigenvalue weighted by molar-refractivity contribution is 0.0933. The molecule has 30 heavy (non-hydrogen) atoms. The molecule has 0 radical (unpaired) electrons. The van der Waals surface area contributed by atoms with Crippen molar-refractivity contribution in [1.82, 2.24) is 19.4 Å². The first-order valence-corrected chi connectivity index (χ1v) is 11.3. The molecule has 0 aliphatic carbocycles. The lowest BCUT2D eigenvalue weighted by Crippen LogP contribution is -2.41. The highest BCUT2D eigenvalue weighted by atomic mass is 32.2. The summed E-state index contributed by atoms with van der Waals surface area (Å²) in [5.74, 6) is -0.184. The van der Waals surface area contributed by atoms with Crippen LogP contribution in [0.5, 0.6) is 0 Å². The van der Waals surface area contributed by atoms with E-state index < -0.39 is 10.0 Å². The fourth-order valence-corrected chi connectivity index (χ4v) is 4.82. The van der Waals surface area contributed by atoms with Gasteiger partial charge >= 0.3 is 0 Å². The van der Waals surface area contributed by atoms with E-state index >= 15 is 0 Å². The molecule has 1 aliphatic heterocycles. The van der Waals surface area contributed by atoms with Crippen molar-refractivity contribution >= 4 is 15.9 Å². The predicted octanol–water partition coefficient (Wildman–Crippen LogP) is 0.720. The van der Waals surface area contributed by atoms with Gasteiger partial charge in [0.05, 0.1) is 18.0 Å². The molecule has 1 fully saturated rings. The van der Waals surface area contributed by atoms with E-state index in [1.807, 2.05) is 0 Å². The van der Waals surface area contributed by atoms with Crippen LogP contribution in [0.4, 0.5) is 0 Å². The molecule has 2 heterocycles. The smallest absolute Gasteiger partial charge is 0.271 e. The summed E-state index contributed by atoms with van der Waals surface area (Å²) < 4.78 is 33.0. The van der Waals surface area contributed by atoms with E-state index in [1.165, 1.54) is 28.2 Å². The lowest BCUT2D eigenvalue weighted by atomic mass is 9.98. The first-order valence-electron chi connectivity index (χ1n) is 9.82. The Morgan fingerprint density at radius 3 is 2.53 bits per heavy atom. The quantitative estimate of drug-likeness (QED) is 0.656. The van der Waals surface area contributed by atoms with E-state index in [4.69, 9.17) is 4.74 Å². The summed E-state index contributed by atoms with van der Waals surface area (Å²) in [6, 6.07) is 11.1. The molecule has 0 spiro atoms. The van der Waals surface area contributed by atoms with E-state index in [0.717, 1.165) is 0 Å². The zero-order valence-electron chi connectivity index (χ0n) is 16.9. The van der Waals surface area contributed by atoms with Crippen molar-refractivity contribution in [1.29, 1.82) is 0 Å². The molecule has 0 saturated carbocycles. The minimum atomic E-state index is -3.48. The van der Waals surface area contributed by atoms with Gasteiger partial charge in [0, 0.05) is 32.8 Å². The number of ether oxygens (including phenoxy) is 1. The number of nitrogens with zero attached hydrogens (tertiary/aromatic N) is 3. The van der Waals surface area contributed by atoms with Gasteiger partial charge in [-0.2, -0.15) is 9.40 Å². The summed E-state index contributed by atoms with van der Waals surface area (Å²) in [5.41, 5.74) is -0.134. The zero-order valence-corrected chi connectivity index (χ0v) is 17.7. The molecule has 10 heteroatoms. The number of sulfonamides is 1. The van der Waals surface area contributed by atoms with E-state index in [-0.39, 0.29) is 29.6 Å². The van der Waals surface area contributed by atoms with Crippen LogP contribution in [0.3, 0.4) is 0 Å². The summed E-state index contributed by atoms with van der Waals surface area (Å²) in [7, 11) is -1.96. The highest BCUT2D eigenvalue weighted by Crippen LogP contribution is 2.23. The van der Waals surface area contributed by atoms with Crippen molar-refractivity contribution in [3.8, 4) is 0 Å². The summed E-state index contributed by atoms with van der Waals surface area (Å²) in [6.07, 6.45) is 1.32. The average Bonchev–Trinajstić information content (AvgIpc) is 2.77. The normalized spacial score (nSPS) is 15.8. The number of carbonyl (C=O) groups excluding carboxylic acids is 1. The second-order valence-corrected chi connectivity index (χ2v) is 9.08. The molecule has 2 aromatic rings. The van der Waals surface area contributed by atoms with Crippen LogP contribution in [0.25, 0.3) is 0 Å². The molecule has 162 valence electrons. The Kier molecular flexibility index (Phi) is 7.35. The van der Waals surface area contributed by atoms with Gasteiger partial charge in [-0.3, -0.25) is 9.59 Å². The van der Waals surface area contributed by atoms with Crippen molar-refractivity contribution in [3.05, 3.63) is 58.5 Å². The number of hydrogen-bond acceptors (Lipinski definition) is 6. The fraction of sp³-hybridized carbons (Fsp3) is 0.450. The Labute approximate surface area is 175 Å². The SMILES string of the molecule is COCCn1nc(C(=O)NCC2CCN(S(=O)(=O)c3ccccc3)CC2)ccc1=O. The van der Waals surface area contributed by atoms with Gasteiger partial charge in [-0.05, 0) is 37.0 Å². The lowest BCUT2D eigenvalue weighted by Gasteiger charge is -2.31. The Morgan fingerprint density at radius 1 is 1.17 bits per heavy atom. The van der Waals surface area contributed by atoms with Gasteiger partial charge in [0.1, 0.15) is 5.69 Å². The number of piperidine rings is 1. The maximum Gasteiger partial charge on any atom is 0.271 e. The molecule has 3 rings (SSSR count). The van der Waals surface area contributed by atoms with Crippen molar-refractivity contribution in [2.45, 2.75) is 24.3 Å². The minimum Gasteiger partial charge on any atom is -0.383 e. The van der Waals surface area contributed by atoms with E-state index in [9.17, 15) is 18.0 Å². The third-order valence-electron chi connectivity index (χ3n) is 5.11. The van der Waals surface area contributed by atoms with Crippen molar-refractivity contribution in [2.75, 3.05) is 33.4 Å². The Balaban J connectivity index is 1.52. The Bertz CT molecular complexity index is 1010. The van der Waals surface area contributed by atoms with Crippen molar-refractivity contribution in [3.63, 3.8) is 0 Å². The van der Waals surface area contributed by atoms with Gasteiger partial charge in [-0.15, -0.1) is 0 Å². The van der Waals surface area contributed by atoms with E-state index in [0.29, 0.717) is 44.0 Å². The van der Waals surface area contributed by atoms with Gasteiger partial charge in [0.25, 0.3) is 11.5 Å². The van der Waals surface area contributed by atoms with E-state index in [2.05, 4.69) is 10.4 Å². The Hall–Kier alpha value is -2.56. The number of aromatic nitrogens is 2. The zero-order chi connectivity index (χ0) is 21.6. The van der Waals surface area contributed by atoms with Gasteiger partial charge < -0.3 is 10.1 Å². The summed E-state index contributed by atoms with van der Waals surface area (Å²) >= 11 is 0. The van der Waals surface area contributed by atoms with Crippen LogP contribution in [0.1, 0.15) is 23.3 Å². The largest absolute Gasteiger partial charge is 0.383 e. The molecule has 1 N–H and O–H groups in total. The molecule has 9 nitrogen and oxygen atoms in total. The van der Waals surface area contributed by atoms with Crippen molar-refractivity contribution < 1.29 is 17.9 Å². The topological polar surface area (TPSA) is 111 Å². The highest BCUT2D eigenvalue weighted by molar-refractivity contribution is 7.89. The summed E-state index contributed by atoms with van der Waals surface area (Å²) in [5, 5.41) is 6.92. The van der Waals surface area contributed by atoms with Crippen LogP contribution in [-0.2, 0) is 21.3 Å². The fourth-order valence-electron chi connectivity index (χ4n) is 3.33. The van der Waals surface area contributed by atoms with E-state index in [1.54, 1.807) is 30.3 Å². The Morgan fingerprint density at radius 2 is 1.87 bits per heavy atom. The molecule has 1 saturated heterocycles. The number of benzene rings is 1. The second-order valence-electron chi connectivity index (χ2n) is 7.14. The standard InChI is InChI=1S/C20H26N4O5S/c1-29-14-13-24-19(25)8-7-18(22-24)20(26)21-15-16-9-11-23(12-10-16)30(27,28)17-5-3-2-4-6-17/h2-8,16H,9-15H2,1H3,(H,21,26). The number of carbonyl (C=O) groups is 1. The number of rotatable bonds is 8. The van der Waals surface area contributed by atoms with Gasteiger partial charge in [-0.1, -0.05) is 18.2 Å². The molecule has 1 aliphatic rings. The molecule has 0 unspecified atom stereocenters. The highest BCUT2D eigenvalue weighted by Gasteiger charge is 2.29. The van der Waals surface area contributed by atoms with Crippen LogP contribution >= 0.6 is 0 Å². The molecule has 1 aromatic heterocycles. The molecular formula is C20H26N4O5S.